The molecule has 0 aliphatic heterocycles. The molecule has 0 aliphatic carbocycles. The number of nitrogens with zero attached hydrogens (tertiary/aromatic N) is 1. The van der Waals surface area contributed by atoms with Crippen molar-refractivity contribution in [3.05, 3.63) is 89.5 Å². The molecule has 0 saturated heterocycles. The standard InChI is InChI=1S/C25H27NO2/c1-26(2)25-8-6-5-7-21(25)18-22(20-11-15-24(28-4)16-12-20)17-19-9-13-23(27-3)14-10-19/h5-17H,18H2,1-4H3/b22-17-. The highest BCUT2D eigenvalue weighted by atomic mass is 16.5. The third-order valence-electron chi connectivity index (χ3n) is 4.77. The molecular formula is C25H27NO2. The van der Waals surface area contributed by atoms with E-state index < -0.39 is 0 Å². The fraction of sp³-hybridized carbons (Fsp3) is 0.200. The van der Waals surface area contributed by atoms with Crippen molar-refractivity contribution >= 4 is 17.3 Å². The molecule has 0 bridgehead atoms. The maximum absolute atomic E-state index is 5.32. The highest BCUT2D eigenvalue weighted by Gasteiger charge is 2.09. The molecule has 0 aromatic heterocycles. The lowest BCUT2D eigenvalue weighted by Gasteiger charge is -2.19. The Kier molecular flexibility index (Phi) is 6.38. The summed E-state index contributed by atoms with van der Waals surface area (Å²) in [5, 5.41) is 0. The maximum Gasteiger partial charge on any atom is 0.118 e. The number of hydrogen-bond acceptors (Lipinski definition) is 3. The summed E-state index contributed by atoms with van der Waals surface area (Å²) in [6.07, 6.45) is 3.08. The van der Waals surface area contributed by atoms with Crippen molar-refractivity contribution in [2.24, 2.45) is 0 Å². The molecule has 0 amide bonds. The number of hydrogen-bond donors (Lipinski definition) is 0. The van der Waals surface area contributed by atoms with Crippen molar-refractivity contribution in [3.63, 3.8) is 0 Å². The Hall–Kier alpha value is -3.20. The topological polar surface area (TPSA) is 21.7 Å². The molecule has 0 heterocycles. The molecule has 3 nitrogen and oxygen atoms in total. The molecular weight excluding hydrogens is 346 g/mol. The Morgan fingerprint density at radius 3 is 1.93 bits per heavy atom. The molecule has 28 heavy (non-hydrogen) atoms. The molecule has 0 atom stereocenters. The summed E-state index contributed by atoms with van der Waals surface area (Å²) in [6.45, 7) is 0. The van der Waals surface area contributed by atoms with Crippen molar-refractivity contribution in [3.8, 4) is 11.5 Å². The van der Waals surface area contributed by atoms with Gasteiger partial charge in [-0.2, -0.15) is 0 Å². The van der Waals surface area contributed by atoms with E-state index in [9.17, 15) is 0 Å². The van der Waals surface area contributed by atoms with Crippen molar-refractivity contribution in [1.82, 2.24) is 0 Å². The zero-order valence-corrected chi connectivity index (χ0v) is 17.0. The Balaban J connectivity index is 2.02. The first-order valence-electron chi connectivity index (χ1n) is 9.35. The molecule has 3 heteroatoms. The van der Waals surface area contributed by atoms with Crippen molar-refractivity contribution in [2.75, 3.05) is 33.2 Å². The zero-order chi connectivity index (χ0) is 19.9. The quantitative estimate of drug-likeness (QED) is 0.507. The highest BCUT2D eigenvalue weighted by Crippen LogP contribution is 2.29. The van der Waals surface area contributed by atoms with E-state index in [-0.39, 0.29) is 0 Å². The van der Waals surface area contributed by atoms with Crippen LogP contribution in [0.25, 0.3) is 11.6 Å². The lowest BCUT2D eigenvalue weighted by atomic mass is 9.95. The number of benzene rings is 3. The molecule has 3 aromatic rings. The van der Waals surface area contributed by atoms with Crippen LogP contribution in [-0.4, -0.2) is 28.3 Å². The largest absolute Gasteiger partial charge is 0.497 e. The van der Waals surface area contributed by atoms with Crippen LogP contribution in [0.15, 0.2) is 72.8 Å². The van der Waals surface area contributed by atoms with Crippen LogP contribution in [0.5, 0.6) is 11.5 Å². The van der Waals surface area contributed by atoms with Crippen LogP contribution in [0.3, 0.4) is 0 Å². The second-order valence-electron chi connectivity index (χ2n) is 6.87. The fourth-order valence-electron chi connectivity index (χ4n) is 3.24. The van der Waals surface area contributed by atoms with Crippen LogP contribution < -0.4 is 14.4 Å². The Morgan fingerprint density at radius 1 is 0.786 bits per heavy atom. The molecule has 144 valence electrons. The van der Waals surface area contributed by atoms with Gasteiger partial charge in [-0.1, -0.05) is 48.5 Å². The van der Waals surface area contributed by atoms with Gasteiger partial charge in [-0.3, -0.25) is 0 Å². The average molecular weight is 373 g/mol. The van der Waals surface area contributed by atoms with Gasteiger partial charge in [-0.05, 0) is 52.6 Å². The van der Waals surface area contributed by atoms with Crippen LogP contribution in [0.2, 0.25) is 0 Å². The minimum absolute atomic E-state index is 0.840. The molecule has 0 saturated carbocycles. The van der Waals surface area contributed by atoms with Crippen molar-refractivity contribution < 1.29 is 9.47 Å². The monoisotopic (exact) mass is 373 g/mol. The number of rotatable bonds is 7. The predicted molar refractivity (Wildman–Crippen MR) is 118 cm³/mol. The second-order valence-corrected chi connectivity index (χ2v) is 6.87. The Morgan fingerprint density at radius 2 is 1.36 bits per heavy atom. The van der Waals surface area contributed by atoms with Gasteiger partial charge < -0.3 is 14.4 Å². The van der Waals surface area contributed by atoms with E-state index in [2.05, 4.69) is 73.6 Å². The van der Waals surface area contributed by atoms with Crippen LogP contribution >= 0.6 is 0 Å². The maximum atomic E-state index is 5.32. The molecule has 0 N–H and O–H groups in total. The number of methoxy groups -OCH3 is 2. The number of allylic oxidation sites excluding steroid dienone is 1. The third-order valence-corrected chi connectivity index (χ3v) is 4.77. The van der Waals surface area contributed by atoms with Gasteiger partial charge in [-0.15, -0.1) is 0 Å². The van der Waals surface area contributed by atoms with Gasteiger partial charge in [0.2, 0.25) is 0 Å². The summed E-state index contributed by atoms with van der Waals surface area (Å²) in [5.74, 6) is 1.72. The van der Waals surface area contributed by atoms with E-state index in [1.165, 1.54) is 22.4 Å². The average Bonchev–Trinajstić information content (AvgIpc) is 2.74. The van der Waals surface area contributed by atoms with Crippen LogP contribution in [0, 0.1) is 0 Å². The molecule has 0 aliphatic rings. The van der Waals surface area contributed by atoms with Gasteiger partial charge in [0.25, 0.3) is 0 Å². The molecule has 3 rings (SSSR count). The van der Waals surface area contributed by atoms with Gasteiger partial charge in [-0.25, -0.2) is 0 Å². The van der Waals surface area contributed by atoms with Gasteiger partial charge >= 0.3 is 0 Å². The van der Waals surface area contributed by atoms with E-state index in [0.717, 1.165) is 23.5 Å². The van der Waals surface area contributed by atoms with E-state index in [1.54, 1.807) is 14.2 Å². The zero-order valence-electron chi connectivity index (χ0n) is 17.0. The minimum atomic E-state index is 0.840. The van der Waals surface area contributed by atoms with Crippen LogP contribution in [0.1, 0.15) is 16.7 Å². The Labute approximate surface area is 167 Å². The summed E-state index contributed by atoms with van der Waals surface area (Å²) in [7, 11) is 7.54. The van der Waals surface area contributed by atoms with Crippen LogP contribution in [0.4, 0.5) is 5.69 Å². The summed E-state index contributed by atoms with van der Waals surface area (Å²) < 4.78 is 10.6. The van der Waals surface area contributed by atoms with Crippen molar-refractivity contribution in [1.29, 1.82) is 0 Å². The first-order chi connectivity index (χ1) is 13.6. The molecule has 3 aromatic carbocycles. The third kappa shape index (κ3) is 4.74. The van der Waals surface area contributed by atoms with Gasteiger partial charge in [0.15, 0.2) is 0 Å². The van der Waals surface area contributed by atoms with E-state index >= 15 is 0 Å². The SMILES string of the molecule is COc1ccc(/C=C(/Cc2ccccc2N(C)C)c2ccc(OC)cc2)cc1. The number of anilines is 1. The summed E-state index contributed by atoms with van der Waals surface area (Å²) in [5.41, 5.74) is 6.11. The lowest BCUT2D eigenvalue weighted by Crippen LogP contribution is -2.11. The lowest BCUT2D eigenvalue weighted by molar-refractivity contribution is 0.414. The van der Waals surface area contributed by atoms with Crippen molar-refractivity contribution in [2.45, 2.75) is 6.42 Å². The van der Waals surface area contributed by atoms with E-state index in [1.807, 2.05) is 24.3 Å². The summed E-state index contributed by atoms with van der Waals surface area (Å²) in [6, 6.07) is 24.9. The Bertz CT molecular complexity index is 926. The number of para-hydroxylation sites is 1. The van der Waals surface area contributed by atoms with Crippen LogP contribution in [-0.2, 0) is 6.42 Å². The molecule has 0 radical (unpaired) electrons. The summed E-state index contributed by atoms with van der Waals surface area (Å²) >= 11 is 0. The van der Waals surface area contributed by atoms with E-state index in [4.69, 9.17) is 9.47 Å². The first-order valence-corrected chi connectivity index (χ1v) is 9.35. The van der Waals surface area contributed by atoms with E-state index in [0.29, 0.717) is 0 Å². The van der Waals surface area contributed by atoms with Gasteiger partial charge in [0.05, 0.1) is 14.2 Å². The first kappa shape index (κ1) is 19.6. The second kappa shape index (κ2) is 9.14. The minimum Gasteiger partial charge on any atom is -0.497 e. The van der Waals surface area contributed by atoms with Gasteiger partial charge in [0.1, 0.15) is 11.5 Å². The molecule has 0 unspecified atom stereocenters. The molecule has 0 fully saturated rings. The predicted octanol–water partition coefficient (Wildman–Crippen LogP) is 5.55. The molecule has 0 spiro atoms. The normalized spacial score (nSPS) is 11.2. The fourth-order valence-corrected chi connectivity index (χ4v) is 3.24. The number of ether oxygens (including phenoxy) is 2. The smallest absolute Gasteiger partial charge is 0.118 e. The highest BCUT2D eigenvalue weighted by molar-refractivity contribution is 5.84. The van der Waals surface area contributed by atoms with Gasteiger partial charge in [0, 0.05) is 26.2 Å². The summed E-state index contributed by atoms with van der Waals surface area (Å²) in [4.78, 5) is 2.16.